The lowest BCUT2D eigenvalue weighted by Crippen LogP contribution is -2.39. The van der Waals surface area contributed by atoms with E-state index in [-0.39, 0.29) is 12.1 Å². The summed E-state index contributed by atoms with van der Waals surface area (Å²) in [6, 6.07) is 4.48. The Morgan fingerprint density at radius 1 is 1.44 bits per heavy atom. The second-order valence-corrected chi connectivity index (χ2v) is 4.22. The number of rotatable bonds is 6. The van der Waals surface area contributed by atoms with Gasteiger partial charge in [0.2, 0.25) is 0 Å². The molecule has 1 rings (SSSR count). The van der Waals surface area contributed by atoms with Crippen LogP contribution in [-0.4, -0.2) is 29.0 Å². The molecule has 2 unspecified atom stereocenters. The molecule has 1 aromatic heterocycles. The third-order valence-corrected chi connectivity index (χ3v) is 2.83. The summed E-state index contributed by atoms with van der Waals surface area (Å²) in [7, 11) is 0. The van der Waals surface area contributed by atoms with Crippen LogP contribution in [-0.2, 0) is 0 Å². The van der Waals surface area contributed by atoms with Gasteiger partial charge in [-0.3, -0.25) is 9.88 Å². The molecule has 0 saturated carbocycles. The van der Waals surface area contributed by atoms with Crippen LogP contribution >= 0.6 is 0 Å². The first-order valence-electron chi connectivity index (χ1n) is 6.10. The number of aromatic nitrogens is 1. The van der Waals surface area contributed by atoms with Crippen LogP contribution in [0, 0.1) is 0 Å². The van der Waals surface area contributed by atoms with Crippen LogP contribution in [0.3, 0.4) is 0 Å². The Morgan fingerprint density at radius 2 is 2.19 bits per heavy atom. The summed E-state index contributed by atoms with van der Waals surface area (Å²) in [6.45, 7) is 8.55. The molecule has 0 aliphatic heterocycles. The summed E-state index contributed by atoms with van der Waals surface area (Å²) in [5.74, 6) is 0. The third kappa shape index (κ3) is 3.29. The monoisotopic (exact) mass is 221 g/mol. The minimum Gasteiger partial charge on any atom is -0.326 e. The van der Waals surface area contributed by atoms with Gasteiger partial charge in [0.15, 0.2) is 0 Å². The molecule has 0 radical (unpaired) electrons. The number of hydrogen-bond donors (Lipinski definition) is 1. The molecule has 2 N–H and O–H groups in total. The first-order chi connectivity index (χ1) is 7.70. The van der Waals surface area contributed by atoms with Crippen molar-refractivity contribution in [3.8, 4) is 0 Å². The summed E-state index contributed by atoms with van der Waals surface area (Å²) in [5.41, 5.74) is 7.32. The van der Waals surface area contributed by atoms with Gasteiger partial charge in [0.1, 0.15) is 0 Å². The molecule has 0 aliphatic carbocycles. The standard InChI is InChI=1S/C13H23N3/c1-4-9-16(5-2)13(11(3)14)12-7-6-8-15-10-12/h6-8,10-11,13H,4-5,9,14H2,1-3H3. The van der Waals surface area contributed by atoms with Gasteiger partial charge in [0, 0.05) is 18.4 Å². The van der Waals surface area contributed by atoms with E-state index in [1.165, 1.54) is 5.56 Å². The molecule has 1 heterocycles. The minimum absolute atomic E-state index is 0.121. The van der Waals surface area contributed by atoms with Crippen LogP contribution in [0.25, 0.3) is 0 Å². The summed E-state index contributed by atoms with van der Waals surface area (Å²) in [6.07, 6.45) is 4.88. The van der Waals surface area contributed by atoms with E-state index >= 15 is 0 Å². The van der Waals surface area contributed by atoms with E-state index in [0.29, 0.717) is 0 Å². The molecule has 0 aliphatic rings. The molecule has 3 heteroatoms. The highest BCUT2D eigenvalue weighted by atomic mass is 15.2. The first-order valence-corrected chi connectivity index (χ1v) is 6.10. The van der Waals surface area contributed by atoms with Crippen LogP contribution in [0.1, 0.15) is 38.8 Å². The Balaban J connectivity index is 2.90. The van der Waals surface area contributed by atoms with Gasteiger partial charge in [0.05, 0.1) is 6.04 Å². The third-order valence-electron chi connectivity index (χ3n) is 2.83. The maximum atomic E-state index is 6.11. The molecular weight excluding hydrogens is 198 g/mol. The van der Waals surface area contributed by atoms with Crippen molar-refractivity contribution in [3.63, 3.8) is 0 Å². The molecule has 16 heavy (non-hydrogen) atoms. The highest BCUT2D eigenvalue weighted by Crippen LogP contribution is 2.22. The molecule has 3 nitrogen and oxygen atoms in total. The van der Waals surface area contributed by atoms with Crippen LogP contribution in [0.15, 0.2) is 24.5 Å². The number of nitrogens with two attached hydrogens (primary N) is 1. The van der Waals surface area contributed by atoms with E-state index in [4.69, 9.17) is 5.73 Å². The van der Waals surface area contributed by atoms with Crippen LogP contribution in [0.2, 0.25) is 0 Å². The zero-order valence-corrected chi connectivity index (χ0v) is 10.6. The number of nitrogens with zero attached hydrogens (tertiary/aromatic N) is 2. The van der Waals surface area contributed by atoms with Gasteiger partial charge < -0.3 is 5.73 Å². The van der Waals surface area contributed by atoms with E-state index in [1.54, 1.807) is 6.20 Å². The Morgan fingerprint density at radius 3 is 2.62 bits per heavy atom. The number of pyridine rings is 1. The van der Waals surface area contributed by atoms with Crippen molar-refractivity contribution in [3.05, 3.63) is 30.1 Å². The summed E-state index contributed by atoms with van der Waals surface area (Å²) >= 11 is 0. The topological polar surface area (TPSA) is 42.2 Å². The van der Waals surface area contributed by atoms with E-state index in [0.717, 1.165) is 19.5 Å². The average molecular weight is 221 g/mol. The fourth-order valence-corrected chi connectivity index (χ4v) is 2.18. The van der Waals surface area contributed by atoms with Crippen molar-refractivity contribution in [2.75, 3.05) is 13.1 Å². The summed E-state index contributed by atoms with van der Waals surface area (Å²) in [5, 5.41) is 0. The highest BCUT2D eigenvalue weighted by Gasteiger charge is 2.22. The normalized spacial score (nSPS) is 15.1. The van der Waals surface area contributed by atoms with Crippen molar-refractivity contribution >= 4 is 0 Å². The van der Waals surface area contributed by atoms with Crippen LogP contribution in [0.4, 0.5) is 0 Å². The second kappa shape index (κ2) is 6.61. The van der Waals surface area contributed by atoms with Crippen LogP contribution < -0.4 is 5.73 Å². The lowest BCUT2D eigenvalue weighted by atomic mass is 10.0. The fourth-order valence-electron chi connectivity index (χ4n) is 2.18. The van der Waals surface area contributed by atoms with Crippen molar-refractivity contribution in [1.82, 2.24) is 9.88 Å². The van der Waals surface area contributed by atoms with Gasteiger partial charge in [-0.05, 0) is 38.1 Å². The SMILES string of the molecule is CCCN(CC)C(c1cccnc1)C(C)N. The van der Waals surface area contributed by atoms with Crippen LogP contribution in [0.5, 0.6) is 0 Å². The van der Waals surface area contributed by atoms with E-state index in [1.807, 2.05) is 12.3 Å². The smallest absolute Gasteiger partial charge is 0.0511 e. The van der Waals surface area contributed by atoms with Gasteiger partial charge in [-0.2, -0.15) is 0 Å². The lowest BCUT2D eigenvalue weighted by molar-refractivity contribution is 0.185. The van der Waals surface area contributed by atoms with Crippen molar-refractivity contribution in [2.24, 2.45) is 5.73 Å². The Kier molecular flexibility index (Phi) is 5.43. The van der Waals surface area contributed by atoms with E-state index < -0.39 is 0 Å². The molecule has 2 atom stereocenters. The largest absolute Gasteiger partial charge is 0.326 e. The summed E-state index contributed by atoms with van der Waals surface area (Å²) < 4.78 is 0. The van der Waals surface area contributed by atoms with Gasteiger partial charge in [-0.15, -0.1) is 0 Å². The maximum Gasteiger partial charge on any atom is 0.0511 e. The molecule has 1 aromatic rings. The van der Waals surface area contributed by atoms with E-state index in [2.05, 4.69) is 36.7 Å². The van der Waals surface area contributed by atoms with Crippen molar-refractivity contribution < 1.29 is 0 Å². The predicted molar refractivity (Wildman–Crippen MR) is 68.2 cm³/mol. The Labute approximate surface area is 98.7 Å². The van der Waals surface area contributed by atoms with E-state index in [9.17, 15) is 0 Å². The molecule has 0 aromatic carbocycles. The quantitative estimate of drug-likeness (QED) is 0.800. The predicted octanol–water partition coefficient (Wildman–Crippen LogP) is 2.20. The molecule has 0 amide bonds. The molecular formula is C13H23N3. The van der Waals surface area contributed by atoms with Gasteiger partial charge >= 0.3 is 0 Å². The maximum absolute atomic E-state index is 6.11. The number of likely N-dealkylation sites (N-methyl/N-ethyl adjacent to an activating group) is 1. The fraction of sp³-hybridized carbons (Fsp3) is 0.615. The van der Waals surface area contributed by atoms with Gasteiger partial charge in [0.25, 0.3) is 0 Å². The van der Waals surface area contributed by atoms with Crippen molar-refractivity contribution in [2.45, 2.75) is 39.3 Å². The van der Waals surface area contributed by atoms with Gasteiger partial charge in [-0.1, -0.05) is 19.9 Å². The number of hydrogen-bond acceptors (Lipinski definition) is 3. The molecule has 0 bridgehead atoms. The molecule has 0 saturated heterocycles. The molecule has 90 valence electrons. The summed E-state index contributed by atoms with van der Waals surface area (Å²) in [4.78, 5) is 6.60. The molecule has 0 fully saturated rings. The van der Waals surface area contributed by atoms with Gasteiger partial charge in [-0.25, -0.2) is 0 Å². The first kappa shape index (κ1) is 13.1. The second-order valence-electron chi connectivity index (χ2n) is 4.22. The zero-order valence-electron chi connectivity index (χ0n) is 10.6. The minimum atomic E-state index is 0.121. The Bertz CT molecular complexity index is 284. The lowest BCUT2D eigenvalue weighted by Gasteiger charge is -2.33. The Hall–Kier alpha value is -0.930. The zero-order chi connectivity index (χ0) is 12.0. The average Bonchev–Trinajstić information content (AvgIpc) is 2.29. The van der Waals surface area contributed by atoms with Crippen molar-refractivity contribution in [1.29, 1.82) is 0 Å². The molecule has 0 spiro atoms. The highest BCUT2D eigenvalue weighted by molar-refractivity contribution is 5.16.